The summed E-state index contributed by atoms with van der Waals surface area (Å²) in [5, 5.41) is 9.78. The van der Waals surface area contributed by atoms with E-state index in [0.717, 1.165) is 12.1 Å². The van der Waals surface area contributed by atoms with Crippen LogP contribution >= 0.6 is 0 Å². The van der Waals surface area contributed by atoms with Gasteiger partial charge in [0, 0.05) is 30.1 Å². The molecule has 0 bridgehead atoms. The van der Waals surface area contributed by atoms with Gasteiger partial charge < -0.3 is 19.7 Å². The molecule has 6 nitrogen and oxygen atoms in total. The second kappa shape index (κ2) is 5.68. The van der Waals surface area contributed by atoms with Crippen molar-refractivity contribution < 1.29 is 32.6 Å². The standard InChI is InChI=1S/C16H15F3N2O4/c1-15(14(23)24)4-5-21(8-15)13(22)12-6-9-2-3-10(7-11(9)20-12)25-16(17,18)19/h2-3,6-7,20H,4-5,8H2,1H3,(H,23,24). The molecular weight excluding hydrogens is 341 g/mol. The average molecular weight is 356 g/mol. The third-order valence-corrected chi connectivity index (χ3v) is 4.33. The molecule has 1 aromatic carbocycles. The van der Waals surface area contributed by atoms with Crippen molar-refractivity contribution in [2.45, 2.75) is 19.7 Å². The van der Waals surface area contributed by atoms with Crippen LogP contribution in [0.15, 0.2) is 24.3 Å². The summed E-state index contributed by atoms with van der Waals surface area (Å²) in [7, 11) is 0. The number of carboxylic acid groups (broad SMARTS) is 1. The first-order chi connectivity index (χ1) is 11.6. The molecule has 1 atom stereocenters. The Balaban J connectivity index is 1.82. The van der Waals surface area contributed by atoms with E-state index < -0.39 is 17.7 Å². The molecule has 2 heterocycles. The number of alkyl halides is 3. The zero-order chi connectivity index (χ0) is 18.4. The third kappa shape index (κ3) is 3.40. The summed E-state index contributed by atoms with van der Waals surface area (Å²) in [4.78, 5) is 28.0. The number of fused-ring (bicyclic) bond motifs is 1. The minimum Gasteiger partial charge on any atom is -0.481 e. The van der Waals surface area contributed by atoms with Gasteiger partial charge in [-0.25, -0.2) is 0 Å². The molecule has 0 saturated carbocycles. The lowest BCUT2D eigenvalue weighted by Gasteiger charge is -2.19. The number of likely N-dealkylation sites (tertiary alicyclic amines) is 1. The van der Waals surface area contributed by atoms with Crippen LogP contribution in [0.1, 0.15) is 23.8 Å². The number of aromatic amines is 1. The number of carbonyl (C=O) groups is 2. The summed E-state index contributed by atoms with van der Waals surface area (Å²) in [6, 6.07) is 5.25. The van der Waals surface area contributed by atoms with Gasteiger partial charge in [0.2, 0.25) is 0 Å². The summed E-state index contributed by atoms with van der Waals surface area (Å²) in [5.74, 6) is -1.74. The van der Waals surface area contributed by atoms with Crippen LogP contribution in [0.2, 0.25) is 0 Å². The van der Waals surface area contributed by atoms with E-state index in [1.165, 1.54) is 17.0 Å². The zero-order valence-corrected chi connectivity index (χ0v) is 13.2. The van der Waals surface area contributed by atoms with Gasteiger partial charge >= 0.3 is 12.3 Å². The highest BCUT2D eigenvalue weighted by molar-refractivity contribution is 5.98. The number of hydrogen-bond donors (Lipinski definition) is 2. The van der Waals surface area contributed by atoms with E-state index in [1.807, 2.05) is 0 Å². The SMILES string of the molecule is CC1(C(=O)O)CCN(C(=O)c2cc3ccc(OC(F)(F)F)cc3[nH]2)C1. The Kier molecular flexibility index (Phi) is 3.89. The molecule has 1 aromatic heterocycles. The molecule has 1 aliphatic heterocycles. The van der Waals surface area contributed by atoms with Gasteiger partial charge in [-0.15, -0.1) is 13.2 Å². The van der Waals surface area contributed by atoms with E-state index in [2.05, 4.69) is 9.72 Å². The molecule has 134 valence electrons. The molecule has 2 N–H and O–H groups in total. The summed E-state index contributed by atoms with van der Waals surface area (Å²) in [6.45, 7) is 1.97. The predicted octanol–water partition coefficient (Wildman–Crippen LogP) is 3.00. The highest BCUT2D eigenvalue weighted by atomic mass is 19.4. The number of nitrogens with one attached hydrogen (secondary N) is 1. The van der Waals surface area contributed by atoms with Crippen LogP contribution in [-0.2, 0) is 4.79 Å². The maximum absolute atomic E-state index is 12.5. The van der Waals surface area contributed by atoms with Gasteiger partial charge in [-0.1, -0.05) is 0 Å². The topological polar surface area (TPSA) is 82.6 Å². The molecule has 9 heteroatoms. The van der Waals surface area contributed by atoms with Crippen molar-refractivity contribution in [2.75, 3.05) is 13.1 Å². The Morgan fingerprint density at radius 2 is 2.04 bits per heavy atom. The lowest BCUT2D eigenvalue weighted by molar-refractivity contribution is -0.274. The third-order valence-electron chi connectivity index (χ3n) is 4.33. The molecule has 0 radical (unpaired) electrons. The number of aliphatic carboxylic acids is 1. The number of hydrogen-bond acceptors (Lipinski definition) is 3. The Morgan fingerprint density at radius 3 is 2.64 bits per heavy atom. The maximum atomic E-state index is 12.5. The van der Waals surface area contributed by atoms with Crippen molar-refractivity contribution in [3.63, 3.8) is 0 Å². The molecule has 25 heavy (non-hydrogen) atoms. The molecule has 2 aromatic rings. The van der Waals surface area contributed by atoms with E-state index >= 15 is 0 Å². The fourth-order valence-corrected chi connectivity index (χ4v) is 2.90. The summed E-state index contributed by atoms with van der Waals surface area (Å²) >= 11 is 0. The highest BCUT2D eigenvalue weighted by Crippen LogP contribution is 2.32. The number of rotatable bonds is 3. The van der Waals surface area contributed by atoms with Gasteiger partial charge in [0.1, 0.15) is 11.4 Å². The fraction of sp³-hybridized carbons (Fsp3) is 0.375. The first-order valence-corrected chi connectivity index (χ1v) is 7.49. The van der Waals surface area contributed by atoms with Crippen molar-refractivity contribution in [1.29, 1.82) is 0 Å². The molecular formula is C16H15F3N2O4. The Hall–Kier alpha value is -2.71. The number of ether oxygens (including phenoxy) is 1. The number of aromatic nitrogens is 1. The van der Waals surface area contributed by atoms with E-state index in [1.54, 1.807) is 6.92 Å². The van der Waals surface area contributed by atoms with Gasteiger partial charge in [0.15, 0.2) is 0 Å². The number of carbonyl (C=O) groups excluding carboxylic acids is 1. The van der Waals surface area contributed by atoms with Gasteiger partial charge in [-0.2, -0.15) is 0 Å². The number of nitrogens with zero attached hydrogens (tertiary/aromatic N) is 1. The number of carboxylic acids is 1. The molecule has 1 saturated heterocycles. The first-order valence-electron chi connectivity index (χ1n) is 7.49. The second-order valence-electron chi connectivity index (χ2n) is 6.32. The van der Waals surface area contributed by atoms with Gasteiger partial charge in [0.05, 0.1) is 5.41 Å². The van der Waals surface area contributed by atoms with Crippen LogP contribution < -0.4 is 4.74 Å². The number of H-pyrrole nitrogens is 1. The van der Waals surface area contributed by atoms with E-state index in [4.69, 9.17) is 0 Å². The highest BCUT2D eigenvalue weighted by Gasteiger charge is 2.42. The van der Waals surface area contributed by atoms with E-state index in [9.17, 15) is 27.9 Å². The molecule has 1 aliphatic rings. The van der Waals surface area contributed by atoms with Crippen LogP contribution in [0.3, 0.4) is 0 Å². The Bertz CT molecular complexity index is 846. The zero-order valence-electron chi connectivity index (χ0n) is 13.2. The van der Waals surface area contributed by atoms with Crippen LogP contribution in [0.25, 0.3) is 10.9 Å². The van der Waals surface area contributed by atoms with Crippen molar-refractivity contribution in [1.82, 2.24) is 9.88 Å². The van der Waals surface area contributed by atoms with Crippen LogP contribution in [0.4, 0.5) is 13.2 Å². The van der Waals surface area contributed by atoms with Crippen molar-refractivity contribution in [2.24, 2.45) is 5.41 Å². The molecule has 3 rings (SSSR count). The van der Waals surface area contributed by atoms with Gasteiger partial charge in [-0.3, -0.25) is 9.59 Å². The average Bonchev–Trinajstić information content (AvgIpc) is 3.09. The maximum Gasteiger partial charge on any atom is 0.573 e. The summed E-state index contributed by atoms with van der Waals surface area (Å²) in [6.07, 6.45) is -4.45. The lowest BCUT2D eigenvalue weighted by atomic mass is 9.90. The Morgan fingerprint density at radius 1 is 1.32 bits per heavy atom. The predicted molar refractivity (Wildman–Crippen MR) is 81.2 cm³/mol. The van der Waals surface area contributed by atoms with Gasteiger partial charge in [0.25, 0.3) is 5.91 Å². The fourth-order valence-electron chi connectivity index (χ4n) is 2.90. The molecule has 1 unspecified atom stereocenters. The molecule has 0 spiro atoms. The summed E-state index contributed by atoms with van der Waals surface area (Å²) < 4.78 is 40.7. The minimum atomic E-state index is -4.80. The Labute approximate surface area is 140 Å². The van der Waals surface area contributed by atoms with Gasteiger partial charge in [-0.05, 0) is 31.5 Å². The monoisotopic (exact) mass is 356 g/mol. The smallest absolute Gasteiger partial charge is 0.481 e. The minimum absolute atomic E-state index is 0.0823. The van der Waals surface area contributed by atoms with Crippen molar-refractivity contribution in [3.05, 3.63) is 30.0 Å². The number of amides is 1. The van der Waals surface area contributed by atoms with Crippen molar-refractivity contribution >= 4 is 22.8 Å². The molecule has 1 amide bonds. The largest absolute Gasteiger partial charge is 0.573 e. The number of benzene rings is 1. The molecule has 1 fully saturated rings. The van der Waals surface area contributed by atoms with Crippen LogP contribution in [0.5, 0.6) is 5.75 Å². The number of halogens is 3. The molecule has 0 aliphatic carbocycles. The van der Waals surface area contributed by atoms with Crippen molar-refractivity contribution in [3.8, 4) is 5.75 Å². The second-order valence-corrected chi connectivity index (χ2v) is 6.32. The van der Waals surface area contributed by atoms with Crippen LogP contribution in [-0.4, -0.2) is 46.3 Å². The first kappa shape index (κ1) is 17.1. The van der Waals surface area contributed by atoms with E-state index in [-0.39, 0.29) is 23.9 Å². The quantitative estimate of drug-likeness (QED) is 0.886. The van der Waals surface area contributed by atoms with Crippen LogP contribution in [0, 0.1) is 5.41 Å². The summed E-state index contributed by atoms with van der Waals surface area (Å²) in [5.41, 5.74) is -0.478. The normalized spacial score (nSPS) is 20.9. The van der Waals surface area contributed by atoms with E-state index in [0.29, 0.717) is 23.9 Å². The lowest BCUT2D eigenvalue weighted by Crippen LogP contribution is -2.35.